The molecule has 0 amide bonds. The number of nitrogen functional groups attached to an aromatic ring is 1. The molecule has 4 heterocycles. The van der Waals surface area contributed by atoms with Crippen LogP contribution in [0.1, 0.15) is 16.7 Å². The summed E-state index contributed by atoms with van der Waals surface area (Å²) < 4.78 is 12.4. The maximum Gasteiger partial charge on any atom is 0.164 e. The molecule has 8 nitrogen and oxygen atoms in total. The Kier molecular flexibility index (Phi) is 5.87. The molecule has 4 N–H and O–H groups in total. The van der Waals surface area contributed by atoms with Crippen LogP contribution < -0.4 is 5.73 Å². The molecule has 4 aromatic rings. The first-order valence-electron chi connectivity index (χ1n) is 10.2. The Hall–Kier alpha value is -2.50. The van der Waals surface area contributed by atoms with Gasteiger partial charge in [0.1, 0.15) is 30.0 Å². The summed E-state index contributed by atoms with van der Waals surface area (Å²) in [7, 11) is 0. The zero-order valence-electron chi connectivity index (χ0n) is 17.3. The van der Waals surface area contributed by atoms with E-state index < -0.39 is 24.5 Å². The number of aliphatic hydroxyl groups excluding tert-OH is 2. The highest BCUT2D eigenvalue weighted by molar-refractivity contribution is 7.98. The number of nitrogens with zero attached hydrogens (tertiary/aromatic N) is 4. The number of rotatable bonds is 6. The second-order valence-corrected chi connectivity index (χ2v) is 9.72. The maximum absolute atomic E-state index is 10.7. The van der Waals surface area contributed by atoms with Crippen LogP contribution in [0, 0.1) is 6.92 Å². The topological polar surface area (TPSA) is 119 Å². The smallest absolute Gasteiger partial charge is 0.164 e. The number of fused-ring (bicyclic) bond motifs is 1. The lowest BCUT2D eigenvalue weighted by atomic mass is 10.1. The van der Waals surface area contributed by atoms with Crippen molar-refractivity contribution in [2.45, 2.75) is 37.2 Å². The maximum atomic E-state index is 10.7. The fourth-order valence-electron chi connectivity index (χ4n) is 3.95. The van der Waals surface area contributed by atoms with E-state index in [4.69, 9.17) is 10.5 Å². The molecular formula is C22H23N5O3S2. The van der Waals surface area contributed by atoms with Crippen LogP contribution in [0.15, 0.2) is 48.9 Å². The molecule has 0 spiro atoms. The molecule has 1 saturated heterocycles. The monoisotopic (exact) mass is 469 g/mol. The molecule has 32 heavy (non-hydrogen) atoms. The lowest BCUT2D eigenvalue weighted by molar-refractivity contribution is -0.0285. The van der Waals surface area contributed by atoms with Crippen molar-refractivity contribution in [2.24, 2.45) is 0 Å². The van der Waals surface area contributed by atoms with Crippen LogP contribution in [-0.4, -0.2) is 53.2 Å². The minimum Gasteiger partial charge on any atom is -0.387 e. The molecule has 0 bridgehead atoms. The highest BCUT2D eigenvalue weighted by atomic mass is 32.2. The SMILES string of the molecule is Cc1snc(-c2ccccc2)c1CSC[C@H]1O[C@@H](n2ccc3c(N)ncnc32)[C@H](O)[C@@H]1O. The zero-order valence-corrected chi connectivity index (χ0v) is 19.0. The lowest BCUT2D eigenvalue weighted by Gasteiger charge is -2.17. The van der Waals surface area contributed by atoms with E-state index in [1.54, 1.807) is 28.6 Å². The molecule has 1 aliphatic heterocycles. The van der Waals surface area contributed by atoms with Gasteiger partial charge in [-0.05, 0) is 24.5 Å². The van der Waals surface area contributed by atoms with Crippen LogP contribution in [0.25, 0.3) is 22.3 Å². The molecule has 1 aliphatic rings. The van der Waals surface area contributed by atoms with Gasteiger partial charge in [-0.15, -0.1) is 0 Å². The van der Waals surface area contributed by atoms with Gasteiger partial charge in [0.2, 0.25) is 0 Å². The molecule has 1 aromatic carbocycles. The summed E-state index contributed by atoms with van der Waals surface area (Å²) in [5, 5.41) is 22.0. The van der Waals surface area contributed by atoms with Crippen molar-refractivity contribution >= 4 is 40.1 Å². The van der Waals surface area contributed by atoms with Gasteiger partial charge in [0, 0.05) is 33.7 Å². The van der Waals surface area contributed by atoms with Crippen molar-refractivity contribution in [3.8, 4) is 11.3 Å². The second-order valence-electron chi connectivity index (χ2n) is 7.71. The Morgan fingerprint density at radius 1 is 1.16 bits per heavy atom. The summed E-state index contributed by atoms with van der Waals surface area (Å²) in [5.41, 5.74) is 9.77. The predicted octanol–water partition coefficient (Wildman–Crippen LogP) is 3.00. The molecule has 3 aromatic heterocycles. The minimum atomic E-state index is -1.07. The quantitative estimate of drug-likeness (QED) is 0.394. The highest BCUT2D eigenvalue weighted by Crippen LogP contribution is 2.36. The number of aryl methyl sites for hydroxylation is 1. The largest absolute Gasteiger partial charge is 0.387 e. The van der Waals surface area contributed by atoms with E-state index in [0.29, 0.717) is 22.6 Å². The predicted molar refractivity (Wildman–Crippen MR) is 126 cm³/mol. The van der Waals surface area contributed by atoms with Gasteiger partial charge >= 0.3 is 0 Å². The van der Waals surface area contributed by atoms with Crippen LogP contribution in [-0.2, 0) is 10.5 Å². The molecule has 166 valence electrons. The molecule has 0 radical (unpaired) electrons. The summed E-state index contributed by atoms with van der Waals surface area (Å²) in [5.74, 6) is 1.65. The van der Waals surface area contributed by atoms with E-state index in [1.807, 2.05) is 18.2 Å². The van der Waals surface area contributed by atoms with Crippen LogP contribution in [0.5, 0.6) is 0 Å². The molecule has 0 aliphatic carbocycles. The first-order valence-corrected chi connectivity index (χ1v) is 12.1. The number of benzene rings is 1. The first kappa shape index (κ1) is 21.4. The van der Waals surface area contributed by atoms with Crippen molar-refractivity contribution in [3.63, 3.8) is 0 Å². The van der Waals surface area contributed by atoms with Gasteiger partial charge in [0.05, 0.1) is 17.2 Å². The van der Waals surface area contributed by atoms with Crippen LogP contribution in [0.3, 0.4) is 0 Å². The highest BCUT2D eigenvalue weighted by Gasteiger charge is 2.44. The normalized spacial score (nSPS) is 23.2. The number of aromatic nitrogens is 4. The van der Waals surface area contributed by atoms with Crippen molar-refractivity contribution < 1.29 is 14.9 Å². The third kappa shape index (κ3) is 3.78. The molecule has 1 fully saturated rings. The van der Waals surface area contributed by atoms with Crippen LogP contribution >= 0.6 is 23.3 Å². The molecular weight excluding hydrogens is 446 g/mol. The number of aliphatic hydroxyl groups is 2. The summed E-state index contributed by atoms with van der Waals surface area (Å²) in [6.07, 6.45) is -0.203. The van der Waals surface area contributed by atoms with E-state index >= 15 is 0 Å². The van der Waals surface area contributed by atoms with Gasteiger partial charge in [-0.1, -0.05) is 30.3 Å². The summed E-state index contributed by atoms with van der Waals surface area (Å²) >= 11 is 3.16. The van der Waals surface area contributed by atoms with Crippen molar-refractivity contribution in [1.29, 1.82) is 0 Å². The minimum absolute atomic E-state index is 0.364. The Morgan fingerprint density at radius 2 is 1.97 bits per heavy atom. The summed E-state index contributed by atoms with van der Waals surface area (Å²) in [6, 6.07) is 11.9. The Labute approximate surface area is 193 Å². The number of ether oxygens (including phenoxy) is 1. The van der Waals surface area contributed by atoms with Gasteiger partial charge in [0.25, 0.3) is 0 Å². The summed E-state index contributed by atoms with van der Waals surface area (Å²) in [4.78, 5) is 9.43. The molecule has 4 atom stereocenters. The fraction of sp³-hybridized carbons (Fsp3) is 0.318. The number of hydrogen-bond donors (Lipinski definition) is 3. The van der Waals surface area contributed by atoms with E-state index in [1.165, 1.54) is 28.3 Å². The van der Waals surface area contributed by atoms with Crippen molar-refractivity contribution in [3.05, 3.63) is 59.4 Å². The fourth-order valence-corrected chi connectivity index (χ4v) is 5.95. The van der Waals surface area contributed by atoms with Crippen molar-refractivity contribution in [2.75, 3.05) is 11.5 Å². The van der Waals surface area contributed by atoms with Gasteiger partial charge in [-0.25, -0.2) is 9.97 Å². The van der Waals surface area contributed by atoms with Gasteiger partial charge in [-0.3, -0.25) is 0 Å². The number of hydrogen-bond acceptors (Lipinski definition) is 9. The third-order valence-corrected chi connectivity index (χ3v) is 7.56. The average molecular weight is 470 g/mol. The molecule has 0 unspecified atom stereocenters. The van der Waals surface area contributed by atoms with E-state index in [-0.39, 0.29) is 0 Å². The van der Waals surface area contributed by atoms with E-state index in [9.17, 15) is 10.2 Å². The van der Waals surface area contributed by atoms with Crippen LogP contribution in [0.4, 0.5) is 5.82 Å². The molecule has 0 saturated carbocycles. The Morgan fingerprint density at radius 3 is 2.78 bits per heavy atom. The standard InChI is InChI=1S/C22H23N5O3S2/c1-12-15(17(26-32-12)13-5-3-2-4-6-13)9-31-10-16-18(28)19(29)22(30-16)27-8-7-14-20(23)24-11-25-21(14)27/h2-8,11,16,18-19,22,28-29H,9-10H2,1H3,(H2,23,24,25)/t16-,18-,19-,22-/m1/s1. The van der Waals surface area contributed by atoms with Gasteiger partial charge < -0.3 is 25.3 Å². The van der Waals surface area contributed by atoms with Gasteiger partial charge in [-0.2, -0.15) is 16.1 Å². The average Bonchev–Trinajstić information content (AvgIpc) is 3.47. The molecule has 10 heteroatoms. The summed E-state index contributed by atoms with van der Waals surface area (Å²) in [6.45, 7) is 2.07. The Balaban J connectivity index is 1.28. The number of thioether (sulfide) groups is 1. The van der Waals surface area contributed by atoms with Crippen molar-refractivity contribution in [1.82, 2.24) is 18.9 Å². The Bertz CT molecular complexity index is 1230. The second kappa shape index (κ2) is 8.80. The third-order valence-electron chi connectivity index (χ3n) is 5.71. The number of anilines is 1. The van der Waals surface area contributed by atoms with E-state index in [0.717, 1.165) is 17.0 Å². The molecule has 5 rings (SSSR count). The lowest BCUT2D eigenvalue weighted by Crippen LogP contribution is -2.32. The van der Waals surface area contributed by atoms with Gasteiger partial charge in [0.15, 0.2) is 6.23 Å². The number of nitrogens with two attached hydrogens (primary N) is 1. The first-order chi connectivity index (χ1) is 15.5. The van der Waals surface area contributed by atoms with E-state index in [2.05, 4.69) is 33.4 Å². The van der Waals surface area contributed by atoms with Crippen LogP contribution in [0.2, 0.25) is 0 Å². The zero-order chi connectivity index (χ0) is 22.2.